The molecule has 0 bridgehead atoms. The zero-order chi connectivity index (χ0) is 22.0. The third-order valence-electron chi connectivity index (χ3n) is 5.89. The Bertz CT molecular complexity index is 1130. The van der Waals surface area contributed by atoms with E-state index in [0.29, 0.717) is 17.4 Å². The van der Waals surface area contributed by atoms with E-state index in [-0.39, 0.29) is 11.0 Å². The zero-order valence-electron chi connectivity index (χ0n) is 17.7. The number of halogens is 1. The second-order valence-corrected chi connectivity index (χ2v) is 8.90. The fourth-order valence-electron chi connectivity index (χ4n) is 3.90. The van der Waals surface area contributed by atoms with Crippen molar-refractivity contribution in [1.82, 2.24) is 9.47 Å². The third-order valence-corrected chi connectivity index (χ3v) is 6.48. The number of hydrogen-bond acceptors (Lipinski definition) is 4. The summed E-state index contributed by atoms with van der Waals surface area (Å²) >= 11 is 11.5. The van der Waals surface area contributed by atoms with Gasteiger partial charge in [0.05, 0.1) is 12.2 Å². The molecule has 0 unspecified atom stereocenters. The number of aromatic nitrogens is 1. The lowest BCUT2D eigenvalue weighted by molar-refractivity contribution is 0.151. The number of para-hydroxylation sites is 1. The molecule has 2 aromatic carbocycles. The first kappa shape index (κ1) is 21.7. The van der Waals surface area contributed by atoms with Crippen molar-refractivity contribution < 1.29 is 5.11 Å². The summed E-state index contributed by atoms with van der Waals surface area (Å²) in [5, 5.41) is 24.2. The topological polar surface area (TPSA) is 65.2 Å². The number of aromatic hydroxyl groups is 1. The molecule has 0 spiro atoms. The molecule has 31 heavy (non-hydrogen) atoms. The maximum absolute atomic E-state index is 11.0. The van der Waals surface area contributed by atoms with Crippen LogP contribution in [0.25, 0.3) is 10.9 Å². The Labute approximate surface area is 192 Å². The SMILES string of the molecule is Cc1c(Cl)cccc1NC(=S)N=Nc1c(O)n(CN2CCC(C)CC2)c2ccccc12. The Hall–Kier alpha value is -2.48. The van der Waals surface area contributed by atoms with Crippen LogP contribution in [0.5, 0.6) is 5.88 Å². The number of benzene rings is 2. The summed E-state index contributed by atoms with van der Waals surface area (Å²) in [6.07, 6.45) is 2.35. The number of nitrogens with zero attached hydrogens (tertiary/aromatic N) is 4. The average molecular weight is 456 g/mol. The maximum atomic E-state index is 11.0. The van der Waals surface area contributed by atoms with E-state index in [4.69, 9.17) is 23.8 Å². The van der Waals surface area contributed by atoms with Gasteiger partial charge in [0.1, 0.15) is 0 Å². The van der Waals surface area contributed by atoms with Gasteiger partial charge in [-0.15, -0.1) is 10.2 Å². The fraction of sp³-hybridized carbons (Fsp3) is 0.348. The molecule has 1 aromatic heterocycles. The summed E-state index contributed by atoms with van der Waals surface area (Å²) in [4.78, 5) is 2.36. The number of rotatable bonds is 4. The molecule has 0 radical (unpaired) electrons. The molecule has 0 atom stereocenters. The van der Waals surface area contributed by atoms with Crippen LogP contribution in [0.2, 0.25) is 5.02 Å². The van der Waals surface area contributed by atoms with Gasteiger partial charge in [-0.3, -0.25) is 9.47 Å². The summed E-state index contributed by atoms with van der Waals surface area (Å²) in [5.74, 6) is 0.859. The molecule has 3 aromatic rings. The third kappa shape index (κ3) is 4.74. The van der Waals surface area contributed by atoms with Gasteiger partial charge in [0.25, 0.3) is 0 Å². The van der Waals surface area contributed by atoms with Crippen LogP contribution in [0.3, 0.4) is 0 Å². The fourth-order valence-corrected chi connectivity index (χ4v) is 4.22. The summed E-state index contributed by atoms with van der Waals surface area (Å²) < 4.78 is 1.90. The smallest absolute Gasteiger partial charge is 0.221 e. The van der Waals surface area contributed by atoms with Gasteiger partial charge in [0, 0.05) is 29.2 Å². The van der Waals surface area contributed by atoms with Gasteiger partial charge in [0.2, 0.25) is 11.0 Å². The number of hydrogen-bond donors (Lipinski definition) is 2. The summed E-state index contributed by atoms with van der Waals surface area (Å²) in [6, 6.07) is 13.4. The van der Waals surface area contributed by atoms with Crippen molar-refractivity contribution in [2.45, 2.75) is 33.4 Å². The molecular weight excluding hydrogens is 430 g/mol. The van der Waals surface area contributed by atoms with Crippen LogP contribution < -0.4 is 5.32 Å². The first-order chi connectivity index (χ1) is 14.9. The van der Waals surface area contributed by atoms with Crippen molar-refractivity contribution in [1.29, 1.82) is 0 Å². The van der Waals surface area contributed by atoms with Crippen molar-refractivity contribution in [3.63, 3.8) is 0 Å². The number of anilines is 1. The van der Waals surface area contributed by atoms with Crippen molar-refractivity contribution in [3.05, 3.63) is 53.1 Å². The Balaban J connectivity index is 1.58. The highest BCUT2D eigenvalue weighted by atomic mass is 35.5. The Kier molecular flexibility index (Phi) is 6.55. The first-order valence-corrected chi connectivity index (χ1v) is 11.2. The maximum Gasteiger partial charge on any atom is 0.221 e. The molecule has 0 amide bonds. The second-order valence-electron chi connectivity index (χ2n) is 8.10. The van der Waals surface area contributed by atoms with Crippen LogP contribution in [-0.4, -0.2) is 32.8 Å². The zero-order valence-corrected chi connectivity index (χ0v) is 19.2. The molecule has 1 aliphatic heterocycles. The highest BCUT2D eigenvalue weighted by Crippen LogP contribution is 2.39. The minimum absolute atomic E-state index is 0.102. The minimum atomic E-state index is 0.102. The predicted molar refractivity (Wildman–Crippen MR) is 130 cm³/mol. The summed E-state index contributed by atoms with van der Waals surface area (Å²) in [6.45, 7) is 6.87. The van der Waals surface area contributed by atoms with Gasteiger partial charge in [-0.05, 0) is 61.7 Å². The van der Waals surface area contributed by atoms with Crippen molar-refractivity contribution >= 4 is 51.2 Å². The number of likely N-dealkylation sites (tertiary alicyclic amines) is 1. The molecular formula is C23H26ClN5OS. The molecule has 2 heterocycles. The van der Waals surface area contributed by atoms with E-state index >= 15 is 0 Å². The van der Waals surface area contributed by atoms with E-state index in [1.165, 1.54) is 12.8 Å². The van der Waals surface area contributed by atoms with E-state index in [2.05, 4.69) is 27.4 Å². The van der Waals surface area contributed by atoms with Crippen molar-refractivity contribution in [2.75, 3.05) is 18.4 Å². The highest BCUT2D eigenvalue weighted by molar-refractivity contribution is 7.80. The molecule has 0 aliphatic carbocycles. The number of fused-ring (bicyclic) bond motifs is 1. The second kappa shape index (κ2) is 9.34. The Morgan fingerprint density at radius 2 is 1.94 bits per heavy atom. The van der Waals surface area contributed by atoms with E-state index < -0.39 is 0 Å². The van der Waals surface area contributed by atoms with Crippen molar-refractivity contribution in [3.8, 4) is 5.88 Å². The molecule has 6 nitrogen and oxygen atoms in total. The largest absolute Gasteiger partial charge is 0.493 e. The normalized spacial score (nSPS) is 15.7. The minimum Gasteiger partial charge on any atom is -0.493 e. The molecule has 2 N–H and O–H groups in total. The number of piperidine rings is 1. The molecule has 4 rings (SSSR count). The molecule has 162 valence electrons. The molecule has 1 fully saturated rings. The number of thiocarbonyl (C=S) groups is 1. The van der Waals surface area contributed by atoms with Gasteiger partial charge < -0.3 is 10.4 Å². The lowest BCUT2D eigenvalue weighted by Gasteiger charge is -2.30. The van der Waals surface area contributed by atoms with Gasteiger partial charge in [-0.2, -0.15) is 0 Å². The van der Waals surface area contributed by atoms with Crippen LogP contribution >= 0.6 is 23.8 Å². The highest BCUT2D eigenvalue weighted by Gasteiger charge is 2.21. The van der Waals surface area contributed by atoms with Crippen LogP contribution in [0.1, 0.15) is 25.3 Å². The van der Waals surface area contributed by atoms with Crippen LogP contribution in [0, 0.1) is 12.8 Å². The molecule has 8 heteroatoms. The number of nitrogens with one attached hydrogen (secondary N) is 1. The quantitative estimate of drug-likeness (QED) is 0.349. The van der Waals surface area contributed by atoms with E-state index in [0.717, 1.165) is 41.2 Å². The van der Waals surface area contributed by atoms with E-state index in [1.807, 2.05) is 54.0 Å². The predicted octanol–water partition coefficient (Wildman–Crippen LogP) is 6.48. The molecule has 0 saturated carbocycles. The van der Waals surface area contributed by atoms with Gasteiger partial charge in [-0.1, -0.05) is 42.8 Å². The lowest BCUT2D eigenvalue weighted by Crippen LogP contribution is -2.34. The summed E-state index contributed by atoms with van der Waals surface area (Å²) in [7, 11) is 0. The van der Waals surface area contributed by atoms with E-state index in [9.17, 15) is 5.11 Å². The lowest BCUT2D eigenvalue weighted by atomic mass is 10.00. The van der Waals surface area contributed by atoms with Crippen LogP contribution in [0.15, 0.2) is 52.7 Å². The Morgan fingerprint density at radius 1 is 1.19 bits per heavy atom. The van der Waals surface area contributed by atoms with Crippen LogP contribution in [-0.2, 0) is 6.67 Å². The molecule has 1 saturated heterocycles. The number of azo groups is 1. The standard InChI is InChI=1S/C23H26ClN5OS/c1-15-10-12-28(13-11-15)14-29-20-9-4-3-6-17(20)21(22(29)30)26-27-23(31)25-19-8-5-7-18(24)16(19)2/h3-9,15,30H,10-14H2,1-2H3,(H,25,31). The molecule has 1 aliphatic rings. The van der Waals surface area contributed by atoms with Crippen LogP contribution in [0.4, 0.5) is 11.4 Å². The average Bonchev–Trinajstić information content (AvgIpc) is 3.02. The van der Waals surface area contributed by atoms with Gasteiger partial charge in [0.15, 0.2) is 5.69 Å². The summed E-state index contributed by atoms with van der Waals surface area (Å²) in [5.41, 5.74) is 3.02. The van der Waals surface area contributed by atoms with Gasteiger partial charge >= 0.3 is 0 Å². The van der Waals surface area contributed by atoms with Gasteiger partial charge in [-0.25, -0.2) is 0 Å². The monoisotopic (exact) mass is 455 g/mol. The van der Waals surface area contributed by atoms with E-state index in [1.54, 1.807) is 0 Å². The van der Waals surface area contributed by atoms with Crippen molar-refractivity contribution in [2.24, 2.45) is 16.1 Å². The first-order valence-electron chi connectivity index (χ1n) is 10.4. The Morgan fingerprint density at radius 3 is 2.71 bits per heavy atom.